The second-order valence-corrected chi connectivity index (χ2v) is 6.50. The maximum absolute atomic E-state index is 4.35. The highest BCUT2D eigenvalue weighted by Gasteiger charge is 2.16. The van der Waals surface area contributed by atoms with Crippen molar-refractivity contribution in [1.82, 2.24) is 29.9 Å². The molecule has 0 bridgehead atoms. The molecule has 6 nitrogen and oxygen atoms in total. The number of rotatable bonds is 5. The van der Waals surface area contributed by atoms with Crippen molar-refractivity contribution in [3.05, 3.63) is 58.3 Å². The molecule has 0 fully saturated rings. The Hall–Kier alpha value is -1.99. The number of aryl methyl sites for hydroxylation is 1. The third-order valence-corrected chi connectivity index (χ3v) is 4.23. The van der Waals surface area contributed by atoms with Gasteiger partial charge < -0.3 is 9.88 Å². The minimum absolute atomic E-state index is 0.0953. The Bertz CT molecular complexity index is 807. The molecule has 0 saturated heterocycles. The van der Waals surface area contributed by atoms with Gasteiger partial charge in [-0.15, -0.1) is 5.10 Å². The van der Waals surface area contributed by atoms with Gasteiger partial charge >= 0.3 is 0 Å². The summed E-state index contributed by atoms with van der Waals surface area (Å²) < 4.78 is 4.82. The number of hydrogen-bond acceptors (Lipinski definition) is 4. The van der Waals surface area contributed by atoms with Crippen LogP contribution in [-0.2, 0) is 13.6 Å². The van der Waals surface area contributed by atoms with Gasteiger partial charge in [0.1, 0.15) is 5.69 Å². The van der Waals surface area contributed by atoms with Gasteiger partial charge in [0.25, 0.3) is 0 Å². The van der Waals surface area contributed by atoms with Crippen LogP contribution >= 0.6 is 15.9 Å². The molecule has 1 atom stereocenters. The lowest BCUT2D eigenvalue weighted by atomic mass is 10.2. The van der Waals surface area contributed by atoms with Crippen LogP contribution in [0.25, 0.3) is 5.69 Å². The Morgan fingerprint density at radius 2 is 2.17 bits per heavy atom. The van der Waals surface area contributed by atoms with Crippen LogP contribution in [0.3, 0.4) is 0 Å². The molecular weight excluding hydrogens is 356 g/mol. The summed E-state index contributed by atoms with van der Waals surface area (Å²) in [6, 6.07) is 8.12. The number of halogens is 1. The molecule has 120 valence electrons. The minimum Gasteiger partial charge on any atom is -0.340 e. The fourth-order valence-electron chi connectivity index (χ4n) is 2.51. The van der Waals surface area contributed by atoms with Gasteiger partial charge in [-0.05, 0) is 32.0 Å². The van der Waals surface area contributed by atoms with Gasteiger partial charge in [-0.2, -0.15) is 0 Å². The van der Waals surface area contributed by atoms with Crippen molar-refractivity contribution in [3.8, 4) is 5.69 Å². The van der Waals surface area contributed by atoms with E-state index < -0.39 is 0 Å². The molecule has 1 unspecified atom stereocenters. The van der Waals surface area contributed by atoms with Crippen LogP contribution < -0.4 is 5.32 Å². The molecule has 0 aliphatic carbocycles. The Kier molecular flexibility index (Phi) is 4.58. The molecule has 0 spiro atoms. The van der Waals surface area contributed by atoms with E-state index in [-0.39, 0.29) is 6.04 Å². The van der Waals surface area contributed by atoms with E-state index >= 15 is 0 Å². The number of nitrogens with zero attached hydrogens (tertiary/aromatic N) is 5. The van der Waals surface area contributed by atoms with E-state index in [0.29, 0.717) is 6.54 Å². The van der Waals surface area contributed by atoms with E-state index in [1.54, 1.807) is 6.33 Å². The first-order chi connectivity index (χ1) is 11.0. The zero-order valence-electron chi connectivity index (χ0n) is 13.4. The highest BCUT2D eigenvalue weighted by molar-refractivity contribution is 9.10. The lowest BCUT2D eigenvalue weighted by Crippen LogP contribution is -2.19. The molecule has 23 heavy (non-hydrogen) atoms. The first kappa shape index (κ1) is 15.9. The summed E-state index contributed by atoms with van der Waals surface area (Å²) in [6.45, 7) is 4.82. The number of imidazole rings is 1. The van der Waals surface area contributed by atoms with E-state index in [0.717, 1.165) is 27.2 Å². The van der Waals surface area contributed by atoms with Gasteiger partial charge in [-0.3, -0.25) is 0 Å². The number of hydrogen-bond donors (Lipinski definition) is 1. The first-order valence-corrected chi connectivity index (χ1v) is 8.22. The molecule has 0 radical (unpaired) electrons. The molecule has 0 aliphatic rings. The summed E-state index contributed by atoms with van der Waals surface area (Å²) in [5.74, 6) is 0. The van der Waals surface area contributed by atoms with Gasteiger partial charge in [0.2, 0.25) is 0 Å². The third-order valence-electron chi connectivity index (χ3n) is 3.74. The molecule has 0 saturated carbocycles. The van der Waals surface area contributed by atoms with Crippen LogP contribution in [0.15, 0.2) is 41.3 Å². The Balaban J connectivity index is 1.75. The molecule has 0 amide bonds. The molecule has 0 aliphatic heterocycles. The standard InChI is InChI=1S/C16H19BrN6/c1-11(18-8-14-9-22(3)10-19-14)16-12(2)23(21-20-16)15-6-4-5-13(17)7-15/h4-7,9-11,18H,8H2,1-3H3. The van der Waals surface area contributed by atoms with E-state index in [4.69, 9.17) is 0 Å². The molecule has 3 rings (SSSR count). The Labute approximate surface area is 143 Å². The van der Waals surface area contributed by atoms with Gasteiger partial charge in [0.05, 0.1) is 29.4 Å². The Morgan fingerprint density at radius 1 is 1.35 bits per heavy atom. The Morgan fingerprint density at radius 3 is 2.87 bits per heavy atom. The largest absolute Gasteiger partial charge is 0.340 e. The summed E-state index contributed by atoms with van der Waals surface area (Å²) in [7, 11) is 1.97. The topological polar surface area (TPSA) is 60.6 Å². The summed E-state index contributed by atoms with van der Waals surface area (Å²) in [5, 5.41) is 12.1. The smallest absolute Gasteiger partial charge is 0.103 e. The normalized spacial score (nSPS) is 12.5. The summed E-state index contributed by atoms with van der Waals surface area (Å²) in [6.07, 6.45) is 3.81. The second-order valence-electron chi connectivity index (χ2n) is 5.58. The maximum atomic E-state index is 4.35. The van der Waals surface area contributed by atoms with Crippen LogP contribution in [0.1, 0.15) is 30.0 Å². The summed E-state index contributed by atoms with van der Waals surface area (Å²) >= 11 is 3.49. The van der Waals surface area contributed by atoms with Gasteiger partial charge in [-0.1, -0.05) is 27.2 Å². The summed E-state index contributed by atoms with van der Waals surface area (Å²) in [4.78, 5) is 4.32. The maximum Gasteiger partial charge on any atom is 0.103 e. The van der Waals surface area contributed by atoms with Gasteiger partial charge in [-0.25, -0.2) is 9.67 Å². The van der Waals surface area contributed by atoms with Crippen molar-refractivity contribution >= 4 is 15.9 Å². The SMILES string of the molecule is Cc1c(C(C)NCc2cn(C)cn2)nnn1-c1cccc(Br)c1. The molecular formula is C16H19BrN6. The van der Waals surface area contributed by atoms with E-state index in [1.165, 1.54) is 0 Å². The van der Waals surface area contributed by atoms with E-state index in [1.807, 2.05) is 53.7 Å². The van der Waals surface area contributed by atoms with Crippen molar-refractivity contribution < 1.29 is 0 Å². The lowest BCUT2D eigenvalue weighted by Gasteiger charge is -2.11. The first-order valence-electron chi connectivity index (χ1n) is 7.43. The minimum atomic E-state index is 0.0953. The summed E-state index contributed by atoms with van der Waals surface area (Å²) in [5.41, 5.74) is 3.98. The highest BCUT2D eigenvalue weighted by Crippen LogP contribution is 2.20. The molecule has 2 heterocycles. The predicted octanol–water partition coefficient (Wildman–Crippen LogP) is 2.92. The average molecular weight is 375 g/mol. The van der Waals surface area contributed by atoms with Gasteiger partial charge in [0.15, 0.2) is 0 Å². The van der Waals surface area contributed by atoms with Crippen molar-refractivity contribution in [3.63, 3.8) is 0 Å². The van der Waals surface area contributed by atoms with Crippen molar-refractivity contribution in [2.24, 2.45) is 7.05 Å². The fraction of sp³-hybridized carbons (Fsp3) is 0.312. The molecule has 2 aromatic heterocycles. The average Bonchev–Trinajstić information content (AvgIpc) is 3.11. The number of nitrogens with one attached hydrogen (secondary N) is 1. The monoisotopic (exact) mass is 374 g/mol. The molecule has 1 N–H and O–H groups in total. The highest BCUT2D eigenvalue weighted by atomic mass is 79.9. The van der Waals surface area contributed by atoms with Crippen LogP contribution in [0.5, 0.6) is 0 Å². The van der Waals surface area contributed by atoms with Crippen molar-refractivity contribution in [2.45, 2.75) is 26.4 Å². The van der Waals surface area contributed by atoms with Crippen molar-refractivity contribution in [1.29, 1.82) is 0 Å². The van der Waals surface area contributed by atoms with Crippen LogP contribution in [0.4, 0.5) is 0 Å². The molecule has 7 heteroatoms. The molecule has 3 aromatic rings. The predicted molar refractivity (Wildman–Crippen MR) is 92.3 cm³/mol. The molecule has 1 aromatic carbocycles. The zero-order valence-corrected chi connectivity index (χ0v) is 14.9. The van der Waals surface area contributed by atoms with Crippen LogP contribution in [0.2, 0.25) is 0 Å². The number of aromatic nitrogens is 5. The van der Waals surface area contributed by atoms with Gasteiger partial charge in [0, 0.05) is 24.3 Å². The zero-order chi connectivity index (χ0) is 16.4. The fourth-order valence-corrected chi connectivity index (χ4v) is 2.89. The quantitative estimate of drug-likeness (QED) is 0.745. The second kappa shape index (κ2) is 6.64. The van der Waals surface area contributed by atoms with Crippen LogP contribution in [-0.4, -0.2) is 24.5 Å². The van der Waals surface area contributed by atoms with Crippen LogP contribution in [0, 0.1) is 6.92 Å². The van der Waals surface area contributed by atoms with E-state index in [2.05, 4.69) is 43.5 Å². The number of benzene rings is 1. The lowest BCUT2D eigenvalue weighted by molar-refractivity contribution is 0.552. The van der Waals surface area contributed by atoms with E-state index in [9.17, 15) is 0 Å². The van der Waals surface area contributed by atoms with Crippen molar-refractivity contribution in [2.75, 3.05) is 0 Å². The third kappa shape index (κ3) is 3.51.